The zero-order chi connectivity index (χ0) is 14.6. The van der Waals surface area contributed by atoms with Crippen LogP contribution in [0.2, 0.25) is 0 Å². The SMILES string of the molecule is CCCCCCCCCCC1CC(C)CCC1NCC. The minimum atomic E-state index is 0.820. The maximum Gasteiger partial charge on any atom is 0.00954 e. The average Bonchev–Trinajstić information content (AvgIpc) is 2.44. The van der Waals surface area contributed by atoms with Gasteiger partial charge in [0.2, 0.25) is 0 Å². The molecule has 0 bridgehead atoms. The van der Waals surface area contributed by atoms with Gasteiger partial charge in [0, 0.05) is 6.04 Å². The fourth-order valence-corrected chi connectivity index (χ4v) is 3.89. The van der Waals surface area contributed by atoms with Gasteiger partial charge in [-0.2, -0.15) is 0 Å². The van der Waals surface area contributed by atoms with Crippen molar-refractivity contribution < 1.29 is 0 Å². The second kappa shape index (κ2) is 11.6. The van der Waals surface area contributed by atoms with E-state index in [0.717, 1.165) is 24.4 Å². The molecule has 0 amide bonds. The zero-order valence-electron chi connectivity index (χ0n) is 14.4. The lowest BCUT2D eigenvalue weighted by atomic mass is 9.76. The third-order valence-electron chi connectivity index (χ3n) is 5.14. The molecular formula is C19H39N. The normalized spacial score (nSPS) is 26.9. The van der Waals surface area contributed by atoms with Gasteiger partial charge in [0.15, 0.2) is 0 Å². The van der Waals surface area contributed by atoms with E-state index in [1.54, 1.807) is 0 Å². The molecule has 0 spiro atoms. The Kier molecular flexibility index (Phi) is 10.4. The van der Waals surface area contributed by atoms with Crippen LogP contribution < -0.4 is 5.32 Å². The van der Waals surface area contributed by atoms with Crippen molar-refractivity contribution in [2.24, 2.45) is 11.8 Å². The molecule has 0 aromatic rings. The molecule has 3 unspecified atom stereocenters. The molecule has 1 saturated carbocycles. The summed E-state index contributed by atoms with van der Waals surface area (Å²) in [4.78, 5) is 0. The molecule has 1 fully saturated rings. The Labute approximate surface area is 128 Å². The third-order valence-corrected chi connectivity index (χ3v) is 5.14. The quantitative estimate of drug-likeness (QED) is 0.463. The highest BCUT2D eigenvalue weighted by Gasteiger charge is 2.27. The van der Waals surface area contributed by atoms with Crippen molar-refractivity contribution in [3.63, 3.8) is 0 Å². The lowest BCUT2D eigenvalue weighted by molar-refractivity contribution is 0.200. The van der Waals surface area contributed by atoms with Gasteiger partial charge < -0.3 is 5.32 Å². The molecule has 1 aliphatic rings. The average molecular weight is 282 g/mol. The molecule has 0 heterocycles. The molecule has 0 aromatic carbocycles. The van der Waals surface area contributed by atoms with Crippen molar-refractivity contribution in [2.75, 3.05) is 6.54 Å². The number of rotatable bonds is 11. The van der Waals surface area contributed by atoms with Crippen molar-refractivity contribution in [3.8, 4) is 0 Å². The van der Waals surface area contributed by atoms with Gasteiger partial charge in [0.1, 0.15) is 0 Å². The number of hydrogen-bond donors (Lipinski definition) is 1. The number of hydrogen-bond acceptors (Lipinski definition) is 1. The Bertz CT molecular complexity index is 214. The van der Waals surface area contributed by atoms with Crippen molar-refractivity contribution in [3.05, 3.63) is 0 Å². The zero-order valence-corrected chi connectivity index (χ0v) is 14.4. The van der Waals surface area contributed by atoms with E-state index in [2.05, 4.69) is 26.1 Å². The molecule has 1 N–H and O–H groups in total. The second-order valence-electron chi connectivity index (χ2n) is 7.11. The first-order valence-electron chi connectivity index (χ1n) is 9.51. The molecule has 0 saturated heterocycles. The largest absolute Gasteiger partial charge is 0.314 e. The monoisotopic (exact) mass is 281 g/mol. The van der Waals surface area contributed by atoms with E-state index >= 15 is 0 Å². The molecule has 1 aliphatic carbocycles. The van der Waals surface area contributed by atoms with Gasteiger partial charge in [-0.1, -0.05) is 72.1 Å². The summed E-state index contributed by atoms with van der Waals surface area (Å²) in [5, 5.41) is 3.73. The topological polar surface area (TPSA) is 12.0 Å². The van der Waals surface area contributed by atoms with Crippen molar-refractivity contribution >= 4 is 0 Å². The van der Waals surface area contributed by atoms with Crippen LogP contribution in [0.4, 0.5) is 0 Å². The van der Waals surface area contributed by atoms with Crippen LogP contribution in [0.15, 0.2) is 0 Å². The Morgan fingerprint density at radius 1 is 0.850 bits per heavy atom. The molecule has 3 atom stereocenters. The molecular weight excluding hydrogens is 242 g/mol. The summed E-state index contributed by atoms with van der Waals surface area (Å²) < 4.78 is 0. The number of unbranched alkanes of at least 4 members (excludes halogenated alkanes) is 7. The van der Waals surface area contributed by atoms with Crippen molar-refractivity contribution in [1.82, 2.24) is 5.32 Å². The van der Waals surface area contributed by atoms with Crippen LogP contribution in [0.25, 0.3) is 0 Å². The van der Waals surface area contributed by atoms with Crippen LogP contribution in [0.5, 0.6) is 0 Å². The first-order chi connectivity index (χ1) is 9.77. The first kappa shape index (κ1) is 18.0. The second-order valence-corrected chi connectivity index (χ2v) is 7.11. The molecule has 1 nitrogen and oxygen atoms in total. The summed E-state index contributed by atoms with van der Waals surface area (Å²) in [6.07, 6.45) is 17.4. The van der Waals surface area contributed by atoms with E-state index in [1.165, 1.54) is 77.0 Å². The minimum Gasteiger partial charge on any atom is -0.314 e. The lowest BCUT2D eigenvalue weighted by Gasteiger charge is -2.35. The minimum absolute atomic E-state index is 0.820. The highest BCUT2D eigenvalue weighted by molar-refractivity contribution is 4.83. The van der Waals surface area contributed by atoms with Crippen LogP contribution in [0, 0.1) is 11.8 Å². The Morgan fingerprint density at radius 3 is 2.15 bits per heavy atom. The molecule has 0 radical (unpaired) electrons. The van der Waals surface area contributed by atoms with Crippen LogP contribution in [0.3, 0.4) is 0 Å². The maximum atomic E-state index is 3.73. The predicted octanol–water partition coefficient (Wildman–Crippen LogP) is 5.93. The van der Waals surface area contributed by atoms with Crippen LogP contribution in [-0.4, -0.2) is 12.6 Å². The molecule has 120 valence electrons. The fraction of sp³-hybridized carbons (Fsp3) is 1.00. The third kappa shape index (κ3) is 7.67. The first-order valence-corrected chi connectivity index (χ1v) is 9.51. The highest BCUT2D eigenvalue weighted by atomic mass is 14.9. The summed E-state index contributed by atoms with van der Waals surface area (Å²) in [6, 6.07) is 0.820. The Hall–Kier alpha value is -0.0400. The Balaban J connectivity index is 2.06. The molecule has 20 heavy (non-hydrogen) atoms. The van der Waals surface area contributed by atoms with Crippen LogP contribution >= 0.6 is 0 Å². The fourth-order valence-electron chi connectivity index (χ4n) is 3.89. The van der Waals surface area contributed by atoms with Gasteiger partial charge in [-0.15, -0.1) is 0 Å². The van der Waals surface area contributed by atoms with E-state index in [-0.39, 0.29) is 0 Å². The van der Waals surface area contributed by atoms with Crippen LogP contribution in [-0.2, 0) is 0 Å². The van der Waals surface area contributed by atoms with E-state index < -0.39 is 0 Å². The van der Waals surface area contributed by atoms with Crippen molar-refractivity contribution in [2.45, 2.75) is 104 Å². The highest BCUT2D eigenvalue weighted by Crippen LogP contribution is 2.32. The molecule has 0 aromatic heterocycles. The molecule has 1 heteroatoms. The van der Waals surface area contributed by atoms with E-state index in [4.69, 9.17) is 0 Å². The predicted molar refractivity (Wildman–Crippen MR) is 91.2 cm³/mol. The van der Waals surface area contributed by atoms with Gasteiger partial charge in [0.25, 0.3) is 0 Å². The van der Waals surface area contributed by atoms with E-state index in [1.807, 2.05) is 0 Å². The molecule has 0 aliphatic heterocycles. The lowest BCUT2D eigenvalue weighted by Crippen LogP contribution is -2.40. The van der Waals surface area contributed by atoms with Gasteiger partial charge in [-0.3, -0.25) is 0 Å². The number of nitrogens with one attached hydrogen (secondary N) is 1. The van der Waals surface area contributed by atoms with E-state index in [0.29, 0.717) is 0 Å². The summed E-state index contributed by atoms with van der Waals surface area (Å²) in [6.45, 7) is 8.15. The van der Waals surface area contributed by atoms with Gasteiger partial charge in [-0.05, 0) is 44.1 Å². The molecule has 1 rings (SSSR count). The standard InChI is InChI=1S/C19H39N/c1-4-6-7-8-9-10-11-12-13-18-16-17(3)14-15-19(18)20-5-2/h17-20H,4-16H2,1-3H3. The summed E-state index contributed by atoms with van der Waals surface area (Å²) in [5.74, 6) is 1.92. The van der Waals surface area contributed by atoms with Gasteiger partial charge >= 0.3 is 0 Å². The summed E-state index contributed by atoms with van der Waals surface area (Å²) in [5.41, 5.74) is 0. The summed E-state index contributed by atoms with van der Waals surface area (Å²) in [7, 11) is 0. The van der Waals surface area contributed by atoms with Crippen LogP contribution in [0.1, 0.15) is 97.8 Å². The van der Waals surface area contributed by atoms with Gasteiger partial charge in [0.05, 0.1) is 0 Å². The summed E-state index contributed by atoms with van der Waals surface area (Å²) >= 11 is 0. The van der Waals surface area contributed by atoms with Crippen molar-refractivity contribution in [1.29, 1.82) is 0 Å². The maximum absolute atomic E-state index is 3.73. The van der Waals surface area contributed by atoms with Gasteiger partial charge in [-0.25, -0.2) is 0 Å². The Morgan fingerprint density at radius 2 is 1.50 bits per heavy atom. The van der Waals surface area contributed by atoms with E-state index in [9.17, 15) is 0 Å². The smallest absolute Gasteiger partial charge is 0.00954 e.